The fourth-order valence-corrected chi connectivity index (χ4v) is 3.51. The smallest absolute Gasteiger partial charge is 0.103 e. The van der Waals surface area contributed by atoms with E-state index in [1.165, 1.54) is 25.7 Å². The van der Waals surface area contributed by atoms with E-state index in [0.29, 0.717) is 6.04 Å². The summed E-state index contributed by atoms with van der Waals surface area (Å²) >= 11 is 1.63. The molecule has 17 heavy (non-hydrogen) atoms. The lowest BCUT2D eigenvalue weighted by molar-refractivity contribution is 0.120. The van der Waals surface area contributed by atoms with Crippen molar-refractivity contribution in [2.45, 2.75) is 57.7 Å². The molecule has 2 N–H and O–H groups in total. The van der Waals surface area contributed by atoms with Gasteiger partial charge in [-0.2, -0.15) is 0 Å². The van der Waals surface area contributed by atoms with E-state index < -0.39 is 0 Å². The summed E-state index contributed by atoms with van der Waals surface area (Å²) in [6, 6.07) is 4.73. The Morgan fingerprint density at radius 2 is 2.18 bits per heavy atom. The number of aliphatic hydroxyl groups excluding tert-OH is 1. The van der Waals surface area contributed by atoms with E-state index in [2.05, 4.69) is 19.2 Å². The third-order valence-electron chi connectivity index (χ3n) is 3.90. The first-order valence-electron chi connectivity index (χ1n) is 6.66. The van der Waals surface area contributed by atoms with Crippen molar-refractivity contribution in [1.82, 2.24) is 5.32 Å². The summed E-state index contributed by atoms with van der Waals surface area (Å²) < 4.78 is 0. The van der Waals surface area contributed by atoms with Crippen molar-refractivity contribution < 1.29 is 5.11 Å². The molecule has 2 nitrogen and oxygen atoms in total. The van der Waals surface area contributed by atoms with E-state index in [1.807, 2.05) is 17.5 Å². The zero-order valence-corrected chi connectivity index (χ0v) is 11.5. The molecule has 0 aliphatic heterocycles. The SMILES string of the molecule is CC1CCCCC1NC(C)C(O)c1cccs1. The largest absolute Gasteiger partial charge is 0.386 e. The van der Waals surface area contributed by atoms with Crippen molar-refractivity contribution in [1.29, 1.82) is 0 Å². The van der Waals surface area contributed by atoms with Crippen LogP contribution in [-0.4, -0.2) is 17.2 Å². The molecule has 0 radical (unpaired) electrons. The lowest BCUT2D eigenvalue weighted by Crippen LogP contribution is -2.44. The molecular formula is C14H23NOS. The summed E-state index contributed by atoms with van der Waals surface area (Å²) in [7, 11) is 0. The molecule has 0 bridgehead atoms. The average Bonchev–Trinajstić information content (AvgIpc) is 2.84. The van der Waals surface area contributed by atoms with Crippen LogP contribution in [0.15, 0.2) is 17.5 Å². The van der Waals surface area contributed by atoms with Crippen LogP contribution in [0.4, 0.5) is 0 Å². The van der Waals surface area contributed by atoms with E-state index in [9.17, 15) is 5.11 Å². The normalized spacial score (nSPS) is 28.9. The van der Waals surface area contributed by atoms with Gasteiger partial charge in [0.2, 0.25) is 0 Å². The number of hydrogen-bond acceptors (Lipinski definition) is 3. The molecule has 0 saturated heterocycles. The molecule has 1 saturated carbocycles. The predicted octanol–water partition coefficient (Wildman–Crippen LogP) is 3.34. The summed E-state index contributed by atoms with van der Waals surface area (Å²) in [4.78, 5) is 1.06. The van der Waals surface area contributed by atoms with Crippen LogP contribution in [0.2, 0.25) is 0 Å². The van der Waals surface area contributed by atoms with Gasteiger partial charge in [-0.15, -0.1) is 11.3 Å². The maximum absolute atomic E-state index is 10.2. The van der Waals surface area contributed by atoms with Crippen molar-refractivity contribution in [3.8, 4) is 0 Å². The Balaban J connectivity index is 1.89. The van der Waals surface area contributed by atoms with Gasteiger partial charge in [0.25, 0.3) is 0 Å². The second kappa shape index (κ2) is 5.98. The van der Waals surface area contributed by atoms with Crippen LogP contribution in [-0.2, 0) is 0 Å². The zero-order valence-electron chi connectivity index (χ0n) is 10.7. The molecule has 1 fully saturated rings. The quantitative estimate of drug-likeness (QED) is 0.862. The Morgan fingerprint density at radius 3 is 2.82 bits per heavy atom. The lowest BCUT2D eigenvalue weighted by atomic mass is 9.85. The van der Waals surface area contributed by atoms with Gasteiger partial charge in [0, 0.05) is 17.0 Å². The van der Waals surface area contributed by atoms with E-state index in [0.717, 1.165) is 10.8 Å². The maximum Gasteiger partial charge on any atom is 0.103 e. The van der Waals surface area contributed by atoms with Gasteiger partial charge in [0.15, 0.2) is 0 Å². The van der Waals surface area contributed by atoms with E-state index >= 15 is 0 Å². The van der Waals surface area contributed by atoms with Gasteiger partial charge in [-0.25, -0.2) is 0 Å². The molecule has 1 aromatic heterocycles. The maximum atomic E-state index is 10.2. The first kappa shape index (κ1) is 13.1. The lowest BCUT2D eigenvalue weighted by Gasteiger charge is -2.33. The van der Waals surface area contributed by atoms with Crippen LogP contribution < -0.4 is 5.32 Å². The molecular weight excluding hydrogens is 230 g/mol. The topological polar surface area (TPSA) is 32.3 Å². The molecule has 1 aliphatic rings. The zero-order chi connectivity index (χ0) is 12.3. The third-order valence-corrected chi connectivity index (χ3v) is 4.84. The Hall–Kier alpha value is -0.380. The first-order chi connectivity index (χ1) is 8.18. The van der Waals surface area contributed by atoms with Crippen molar-refractivity contribution in [3.05, 3.63) is 22.4 Å². The van der Waals surface area contributed by atoms with Crippen LogP contribution in [0, 0.1) is 5.92 Å². The fourth-order valence-electron chi connectivity index (χ4n) is 2.70. The van der Waals surface area contributed by atoms with Gasteiger partial charge in [-0.1, -0.05) is 25.8 Å². The second-order valence-electron chi connectivity index (χ2n) is 5.28. The summed E-state index contributed by atoms with van der Waals surface area (Å²) in [6.07, 6.45) is 4.89. The van der Waals surface area contributed by atoms with Crippen LogP contribution in [0.5, 0.6) is 0 Å². The fraction of sp³-hybridized carbons (Fsp3) is 0.714. The Labute approximate surface area is 108 Å². The minimum atomic E-state index is -0.371. The summed E-state index contributed by atoms with van der Waals surface area (Å²) in [5.41, 5.74) is 0. The number of aliphatic hydroxyl groups is 1. The van der Waals surface area contributed by atoms with Gasteiger partial charge in [0.1, 0.15) is 6.10 Å². The van der Waals surface area contributed by atoms with Crippen LogP contribution in [0.25, 0.3) is 0 Å². The van der Waals surface area contributed by atoms with Crippen molar-refractivity contribution in [3.63, 3.8) is 0 Å². The van der Waals surface area contributed by atoms with Gasteiger partial charge in [-0.05, 0) is 37.1 Å². The van der Waals surface area contributed by atoms with Gasteiger partial charge in [0.05, 0.1) is 0 Å². The molecule has 1 aromatic rings. The Morgan fingerprint density at radius 1 is 1.41 bits per heavy atom. The van der Waals surface area contributed by atoms with Crippen LogP contribution in [0.3, 0.4) is 0 Å². The molecule has 2 rings (SSSR count). The third kappa shape index (κ3) is 3.30. The predicted molar refractivity (Wildman–Crippen MR) is 73.3 cm³/mol. The van der Waals surface area contributed by atoms with Gasteiger partial charge < -0.3 is 10.4 Å². The Kier molecular flexibility index (Phi) is 4.60. The highest BCUT2D eigenvalue weighted by atomic mass is 32.1. The number of thiophene rings is 1. The van der Waals surface area contributed by atoms with E-state index in [-0.39, 0.29) is 12.1 Å². The number of rotatable bonds is 4. The monoisotopic (exact) mass is 253 g/mol. The number of nitrogens with one attached hydrogen (secondary N) is 1. The molecule has 4 atom stereocenters. The Bertz CT molecular complexity index is 325. The molecule has 1 aliphatic carbocycles. The highest BCUT2D eigenvalue weighted by molar-refractivity contribution is 7.10. The molecule has 0 aromatic carbocycles. The molecule has 3 heteroatoms. The highest BCUT2D eigenvalue weighted by Crippen LogP contribution is 2.27. The molecule has 96 valence electrons. The highest BCUT2D eigenvalue weighted by Gasteiger charge is 2.25. The molecule has 4 unspecified atom stereocenters. The number of hydrogen-bond donors (Lipinski definition) is 2. The minimum Gasteiger partial charge on any atom is -0.386 e. The van der Waals surface area contributed by atoms with Crippen LogP contribution >= 0.6 is 11.3 Å². The van der Waals surface area contributed by atoms with Crippen molar-refractivity contribution in [2.24, 2.45) is 5.92 Å². The van der Waals surface area contributed by atoms with E-state index in [4.69, 9.17) is 0 Å². The second-order valence-corrected chi connectivity index (χ2v) is 6.26. The summed E-state index contributed by atoms with van der Waals surface area (Å²) in [5.74, 6) is 0.738. The van der Waals surface area contributed by atoms with Crippen LogP contribution in [0.1, 0.15) is 50.5 Å². The van der Waals surface area contributed by atoms with Gasteiger partial charge in [-0.3, -0.25) is 0 Å². The molecule has 0 spiro atoms. The molecule has 1 heterocycles. The van der Waals surface area contributed by atoms with Crippen molar-refractivity contribution in [2.75, 3.05) is 0 Å². The minimum absolute atomic E-state index is 0.138. The average molecular weight is 253 g/mol. The summed E-state index contributed by atoms with van der Waals surface area (Å²) in [5, 5.41) is 15.9. The first-order valence-corrected chi connectivity index (χ1v) is 7.54. The standard InChI is InChI=1S/C14H23NOS/c1-10-6-3-4-7-12(10)15-11(2)14(16)13-8-5-9-17-13/h5,8-12,14-16H,3-4,6-7H2,1-2H3. The van der Waals surface area contributed by atoms with Gasteiger partial charge >= 0.3 is 0 Å². The van der Waals surface area contributed by atoms with Crippen molar-refractivity contribution >= 4 is 11.3 Å². The molecule has 0 amide bonds. The summed E-state index contributed by atoms with van der Waals surface area (Å²) in [6.45, 7) is 4.41. The van der Waals surface area contributed by atoms with E-state index in [1.54, 1.807) is 11.3 Å².